The molecule has 0 aromatic heterocycles. The molecule has 2 aromatic carbocycles. The largest absolute Gasteiger partial charge is 0.482 e. The number of carbonyl (C=O) groups is 2. The number of hydrogen-bond acceptors (Lipinski definition) is 4. The maximum Gasteiger partial charge on any atom is 0.344 e. The lowest BCUT2D eigenvalue weighted by Gasteiger charge is -2.10. The van der Waals surface area contributed by atoms with Crippen molar-refractivity contribution in [1.82, 2.24) is 5.32 Å². The minimum absolute atomic E-state index is 0.232. The van der Waals surface area contributed by atoms with E-state index in [9.17, 15) is 14.0 Å². The average Bonchev–Trinajstić information content (AvgIpc) is 2.60. The number of halogens is 1. The molecule has 5 nitrogen and oxygen atoms in total. The third-order valence-electron chi connectivity index (χ3n) is 3.67. The Kier molecular flexibility index (Phi) is 6.51. The SMILES string of the molecule is Cc1cccc(OCC(=O)OCC(=O)NCc2ccc(F)cc2)c1C. The highest BCUT2D eigenvalue weighted by atomic mass is 19.1. The van der Waals surface area contributed by atoms with Gasteiger partial charge in [0.1, 0.15) is 11.6 Å². The standard InChI is InChI=1S/C19H20FNO4/c1-13-4-3-5-17(14(13)2)24-12-19(23)25-11-18(22)21-10-15-6-8-16(20)9-7-15/h3-9H,10-12H2,1-2H3,(H,21,22). The monoisotopic (exact) mass is 345 g/mol. The molecule has 0 aliphatic heterocycles. The van der Waals surface area contributed by atoms with Crippen molar-refractivity contribution in [3.8, 4) is 5.75 Å². The van der Waals surface area contributed by atoms with Crippen LogP contribution in [0.5, 0.6) is 5.75 Å². The molecule has 2 aromatic rings. The van der Waals surface area contributed by atoms with Crippen molar-refractivity contribution in [2.75, 3.05) is 13.2 Å². The predicted molar refractivity (Wildman–Crippen MR) is 90.6 cm³/mol. The molecule has 0 aliphatic rings. The van der Waals surface area contributed by atoms with Crippen molar-refractivity contribution < 1.29 is 23.5 Å². The molecule has 0 radical (unpaired) electrons. The van der Waals surface area contributed by atoms with E-state index in [4.69, 9.17) is 9.47 Å². The lowest BCUT2D eigenvalue weighted by Crippen LogP contribution is -2.29. The van der Waals surface area contributed by atoms with Crippen molar-refractivity contribution in [2.24, 2.45) is 0 Å². The summed E-state index contributed by atoms with van der Waals surface area (Å²) in [6.45, 7) is 3.42. The van der Waals surface area contributed by atoms with Gasteiger partial charge in [0, 0.05) is 6.54 Å². The van der Waals surface area contributed by atoms with Gasteiger partial charge in [0.2, 0.25) is 0 Å². The molecule has 6 heteroatoms. The number of benzene rings is 2. The second-order valence-corrected chi connectivity index (χ2v) is 5.55. The van der Waals surface area contributed by atoms with E-state index in [1.807, 2.05) is 26.0 Å². The highest BCUT2D eigenvalue weighted by Gasteiger charge is 2.10. The number of aryl methyl sites for hydroxylation is 1. The summed E-state index contributed by atoms with van der Waals surface area (Å²) < 4.78 is 23.1. The number of amides is 1. The Bertz CT molecular complexity index is 744. The highest BCUT2D eigenvalue weighted by molar-refractivity contribution is 5.80. The lowest BCUT2D eigenvalue weighted by molar-refractivity contribution is -0.150. The molecule has 0 spiro atoms. The number of carbonyl (C=O) groups excluding carboxylic acids is 2. The molecule has 0 fully saturated rings. The van der Waals surface area contributed by atoms with Crippen molar-refractivity contribution in [3.63, 3.8) is 0 Å². The van der Waals surface area contributed by atoms with Gasteiger partial charge in [0.25, 0.3) is 5.91 Å². The van der Waals surface area contributed by atoms with Crippen molar-refractivity contribution in [1.29, 1.82) is 0 Å². The average molecular weight is 345 g/mol. The fourth-order valence-corrected chi connectivity index (χ4v) is 2.06. The summed E-state index contributed by atoms with van der Waals surface area (Å²) in [4.78, 5) is 23.3. The summed E-state index contributed by atoms with van der Waals surface area (Å²) in [7, 11) is 0. The first kappa shape index (κ1) is 18.4. The van der Waals surface area contributed by atoms with Gasteiger partial charge in [-0.15, -0.1) is 0 Å². The normalized spacial score (nSPS) is 10.2. The van der Waals surface area contributed by atoms with Crippen LogP contribution in [0.1, 0.15) is 16.7 Å². The van der Waals surface area contributed by atoms with Gasteiger partial charge in [-0.1, -0.05) is 24.3 Å². The van der Waals surface area contributed by atoms with Gasteiger partial charge < -0.3 is 14.8 Å². The third kappa shape index (κ3) is 5.91. The molecule has 0 heterocycles. The van der Waals surface area contributed by atoms with Crippen molar-refractivity contribution >= 4 is 11.9 Å². The first-order valence-electron chi connectivity index (χ1n) is 7.81. The highest BCUT2D eigenvalue weighted by Crippen LogP contribution is 2.20. The number of rotatable bonds is 7. The predicted octanol–water partition coefficient (Wildman–Crippen LogP) is 2.68. The van der Waals surface area contributed by atoms with Crippen molar-refractivity contribution in [2.45, 2.75) is 20.4 Å². The lowest BCUT2D eigenvalue weighted by atomic mass is 10.1. The summed E-state index contributed by atoms with van der Waals surface area (Å²) >= 11 is 0. The summed E-state index contributed by atoms with van der Waals surface area (Å²) in [6.07, 6.45) is 0. The summed E-state index contributed by atoms with van der Waals surface area (Å²) in [5.74, 6) is -0.798. The summed E-state index contributed by atoms with van der Waals surface area (Å²) in [5, 5.41) is 2.58. The summed E-state index contributed by atoms with van der Waals surface area (Å²) in [6, 6.07) is 11.3. The third-order valence-corrected chi connectivity index (χ3v) is 3.67. The number of nitrogens with one attached hydrogen (secondary N) is 1. The molecular formula is C19H20FNO4. The molecule has 0 saturated heterocycles. The van der Waals surface area contributed by atoms with E-state index >= 15 is 0 Å². The second kappa shape index (κ2) is 8.82. The van der Waals surface area contributed by atoms with Crippen LogP contribution in [0.15, 0.2) is 42.5 Å². The van der Waals surface area contributed by atoms with Crippen molar-refractivity contribution in [3.05, 3.63) is 65.0 Å². The van der Waals surface area contributed by atoms with Crippen LogP contribution in [-0.4, -0.2) is 25.1 Å². The van der Waals surface area contributed by atoms with Gasteiger partial charge in [-0.25, -0.2) is 9.18 Å². The molecule has 132 valence electrons. The number of hydrogen-bond donors (Lipinski definition) is 1. The summed E-state index contributed by atoms with van der Waals surface area (Å²) in [5.41, 5.74) is 2.76. The van der Waals surface area contributed by atoms with Gasteiger partial charge in [-0.2, -0.15) is 0 Å². The van der Waals surface area contributed by atoms with Crippen LogP contribution in [0.2, 0.25) is 0 Å². The number of esters is 1. The van der Waals surface area contributed by atoms with Gasteiger partial charge in [0.05, 0.1) is 0 Å². The zero-order valence-corrected chi connectivity index (χ0v) is 14.2. The molecule has 0 saturated carbocycles. The van der Waals surface area contributed by atoms with Gasteiger partial charge in [-0.3, -0.25) is 4.79 Å². The molecule has 0 aliphatic carbocycles. The van der Waals surface area contributed by atoms with Crippen LogP contribution in [0.25, 0.3) is 0 Å². The van der Waals surface area contributed by atoms with E-state index in [2.05, 4.69) is 5.32 Å². The maximum absolute atomic E-state index is 12.8. The first-order chi connectivity index (χ1) is 12.0. The van der Waals surface area contributed by atoms with E-state index in [0.29, 0.717) is 5.75 Å². The fraction of sp³-hybridized carbons (Fsp3) is 0.263. The van der Waals surface area contributed by atoms with Crippen LogP contribution in [0, 0.1) is 19.7 Å². The first-order valence-corrected chi connectivity index (χ1v) is 7.81. The Morgan fingerprint density at radius 2 is 1.76 bits per heavy atom. The molecule has 0 unspecified atom stereocenters. The Balaban J connectivity index is 1.69. The smallest absolute Gasteiger partial charge is 0.344 e. The maximum atomic E-state index is 12.8. The van der Waals surface area contributed by atoms with Crippen LogP contribution in [0.3, 0.4) is 0 Å². The van der Waals surface area contributed by atoms with E-state index in [1.165, 1.54) is 12.1 Å². The number of ether oxygens (including phenoxy) is 2. The van der Waals surface area contributed by atoms with E-state index in [1.54, 1.807) is 18.2 Å². The van der Waals surface area contributed by atoms with Crippen LogP contribution in [-0.2, 0) is 20.9 Å². The minimum Gasteiger partial charge on any atom is -0.482 e. The van der Waals surface area contributed by atoms with Gasteiger partial charge in [0.15, 0.2) is 13.2 Å². The second-order valence-electron chi connectivity index (χ2n) is 5.55. The molecule has 2 rings (SSSR count). The molecule has 1 N–H and O–H groups in total. The minimum atomic E-state index is -0.627. The topological polar surface area (TPSA) is 64.6 Å². The van der Waals surface area contributed by atoms with E-state index < -0.39 is 18.5 Å². The van der Waals surface area contributed by atoms with Crippen LogP contribution in [0.4, 0.5) is 4.39 Å². The fourth-order valence-electron chi connectivity index (χ4n) is 2.06. The van der Waals surface area contributed by atoms with Crippen LogP contribution >= 0.6 is 0 Å². The van der Waals surface area contributed by atoms with Crippen LogP contribution < -0.4 is 10.1 Å². The van der Waals surface area contributed by atoms with E-state index in [-0.39, 0.29) is 19.0 Å². The van der Waals surface area contributed by atoms with Gasteiger partial charge >= 0.3 is 5.97 Å². The Morgan fingerprint density at radius 3 is 2.48 bits per heavy atom. The Morgan fingerprint density at radius 1 is 1.04 bits per heavy atom. The zero-order valence-electron chi connectivity index (χ0n) is 14.2. The van der Waals surface area contributed by atoms with E-state index in [0.717, 1.165) is 16.7 Å². The van der Waals surface area contributed by atoms with Gasteiger partial charge in [-0.05, 0) is 48.7 Å². The quantitative estimate of drug-likeness (QED) is 0.784. The molecule has 0 bridgehead atoms. The Hall–Kier alpha value is -2.89. The molecule has 0 atom stereocenters. The Labute approximate surface area is 145 Å². The zero-order chi connectivity index (χ0) is 18.2. The molecular weight excluding hydrogens is 325 g/mol. The molecule has 25 heavy (non-hydrogen) atoms. The molecule has 1 amide bonds.